The summed E-state index contributed by atoms with van der Waals surface area (Å²) in [5.41, 5.74) is 1.57. The largest absolute Gasteiger partial charge is 0.299 e. The highest BCUT2D eigenvalue weighted by Gasteiger charge is 2.44. The molecule has 1 saturated carbocycles. The number of rotatable bonds is 6. The molecule has 0 heterocycles. The maximum Gasteiger partial charge on any atom is 0.139 e. The van der Waals surface area contributed by atoms with E-state index >= 15 is 0 Å². The Hall–Kier alpha value is -0.850. The Kier molecular flexibility index (Phi) is 4.09. The van der Waals surface area contributed by atoms with Crippen LogP contribution in [0.4, 0.5) is 0 Å². The van der Waals surface area contributed by atoms with Crippen LogP contribution in [0.15, 0.2) is 24.3 Å². The van der Waals surface area contributed by atoms with Crippen LogP contribution in [-0.4, -0.2) is 5.78 Å². The fourth-order valence-corrected chi connectivity index (χ4v) is 3.78. The van der Waals surface area contributed by atoms with E-state index in [0.717, 1.165) is 19.3 Å². The van der Waals surface area contributed by atoms with E-state index in [-0.39, 0.29) is 5.92 Å². The number of carbonyl (C=O) groups is 1. The third-order valence-corrected chi connectivity index (χ3v) is 4.61. The lowest BCUT2D eigenvalue weighted by Gasteiger charge is -2.25. The zero-order valence-electron chi connectivity index (χ0n) is 12.0. The first-order chi connectivity index (χ1) is 8.52. The highest BCUT2D eigenvalue weighted by molar-refractivity contribution is 5.84. The average Bonchev–Trinajstić information content (AvgIpc) is 2.87. The van der Waals surface area contributed by atoms with E-state index in [1.165, 1.54) is 6.42 Å². The minimum Gasteiger partial charge on any atom is -0.299 e. The van der Waals surface area contributed by atoms with Crippen LogP contribution in [0.25, 0.3) is 0 Å². The lowest BCUT2D eigenvalue weighted by atomic mass is 9.78. The topological polar surface area (TPSA) is 17.1 Å². The molecule has 0 saturated heterocycles. The molecule has 1 fully saturated rings. The Labute approximate surface area is 111 Å². The summed E-state index contributed by atoms with van der Waals surface area (Å²) in [6.45, 7) is 10.2. The van der Waals surface area contributed by atoms with Crippen molar-refractivity contribution < 1.29 is 4.79 Å². The Morgan fingerprint density at radius 1 is 1.44 bits per heavy atom. The smallest absolute Gasteiger partial charge is 0.139 e. The molecule has 1 nitrogen and oxygen atoms in total. The van der Waals surface area contributed by atoms with E-state index in [1.807, 2.05) is 19.9 Å². The summed E-state index contributed by atoms with van der Waals surface area (Å²) in [6, 6.07) is 0. The van der Waals surface area contributed by atoms with Crippen LogP contribution in [0.5, 0.6) is 0 Å². The second-order valence-corrected chi connectivity index (χ2v) is 6.58. The van der Waals surface area contributed by atoms with Crippen molar-refractivity contribution in [3.63, 3.8) is 0 Å². The molecule has 2 bridgehead atoms. The van der Waals surface area contributed by atoms with Gasteiger partial charge in [-0.2, -0.15) is 0 Å². The van der Waals surface area contributed by atoms with Crippen molar-refractivity contribution in [1.82, 2.24) is 0 Å². The SMILES string of the molecule is C=CCC(C)CC1=CC2CC(C(=O)C(C)C)C1C2. The fraction of sp³-hybridized carbons (Fsp3) is 0.706. The number of hydrogen-bond acceptors (Lipinski definition) is 1. The maximum atomic E-state index is 12.2. The van der Waals surface area contributed by atoms with Gasteiger partial charge < -0.3 is 0 Å². The minimum atomic E-state index is 0.196. The normalized spacial score (nSPS) is 31.6. The van der Waals surface area contributed by atoms with Gasteiger partial charge in [0.15, 0.2) is 0 Å². The van der Waals surface area contributed by atoms with Crippen LogP contribution in [0.2, 0.25) is 0 Å². The van der Waals surface area contributed by atoms with Gasteiger partial charge in [-0.05, 0) is 43.4 Å². The van der Waals surface area contributed by atoms with E-state index in [4.69, 9.17) is 0 Å². The van der Waals surface area contributed by atoms with Gasteiger partial charge in [-0.25, -0.2) is 0 Å². The summed E-state index contributed by atoms with van der Waals surface area (Å²) in [5, 5.41) is 0. The van der Waals surface area contributed by atoms with E-state index in [9.17, 15) is 4.79 Å². The van der Waals surface area contributed by atoms with Gasteiger partial charge >= 0.3 is 0 Å². The van der Waals surface area contributed by atoms with Crippen LogP contribution in [0.3, 0.4) is 0 Å². The summed E-state index contributed by atoms with van der Waals surface area (Å²) in [5.74, 6) is 2.94. The Balaban J connectivity index is 2.01. The van der Waals surface area contributed by atoms with Crippen molar-refractivity contribution in [2.75, 3.05) is 0 Å². The number of hydrogen-bond donors (Lipinski definition) is 0. The number of carbonyl (C=O) groups excluding carboxylic acids is 1. The number of fused-ring (bicyclic) bond motifs is 2. The molecule has 4 unspecified atom stereocenters. The van der Waals surface area contributed by atoms with Crippen molar-refractivity contribution in [3.05, 3.63) is 24.3 Å². The molecule has 0 aromatic rings. The first-order valence-corrected chi connectivity index (χ1v) is 7.38. The molecule has 4 atom stereocenters. The summed E-state index contributed by atoms with van der Waals surface area (Å²) in [4.78, 5) is 12.2. The van der Waals surface area contributed by atoms with Crippen molar-refractivity contribution in [2.45, 2.75) is 46.5 Å². The third kappa shape index (κ3) is 2.60. The van der Waals surface area contributed by atoms with Gasteiger partial charge in [-0.3, -0.25) is 4.79 Å². The van der Waals surface area contributed by atoms with Gasteiger partial charge in [0, 0.05) is 11.8 Å². The standard InChI is InChI=1S/C17H26O/c1-5-6-12(4)7-14-8-13-9-15(14)16(10-13)17(18)11(2)3/h5,8,11-13,15-16H,1,6-7,9-10H2,2-4H3. The van der Waals surface area contributed by atoms with Crippen molar-refractivity contribution in [1.29, 1.82) is 0 Å². The van der Waals surface area contributed by atoms with Crippen LogP contribution >= 0.6 is 0 Å². The Morgan fingerprint density at radius 2 is 2.17 bits per heavy atom. The Morgan fingerprint density at radius 3 is 2.72 bits per heavy atom. The van der Waals surface area contributed by atoms with Gasteiger partial charge in [-0.1, -0.05) is 38.5 Å². The molecule has 18 heavy (non-hydrogen) atoms. The van der Waals surface area contributed by atoms with Crippen molar-refractivity contribution >= 4 is 5.78 Å². The van der Waals surface area contributed by atoms with Gasteiger partial charge in [0.25, 0.3) is 0 Å². The van der Waals surface area contributed by atoms with E-state index in [2.05, 4.69) is 19.6 Å². The van der Waals surface area contributed by atoms with E-state index < -0.39 is 0 Å². The highest BCUT2D eigenvalue weighted by atomic mass is 16.1. The van der Waals surface area contributed by atoms with Gasteiger partial charge in [0.2, 0.25) is 0 Å². The monoisotopic (exact) mass is 246 g/mol. The zero-order chi connectivity index (χ0) is 13.3. The molecule has 0 aromatic heterocycles. The third-order valence-electron chi connectivity index (χ3n) is 4.61. The van der Waals surface area contributed by atoms with Crippen molar-refractivity contribution in [3.8, 4) is 0 Å². The molecular weight excluding hydrogens is 220 g/mol. The number of Topliss-reactive ketones (excluding diaryl/α,β-unsaturated/α-hetero) is 1. The van der Waals surface area contributed by atoms with Crippen LogP contribution in [-0.2, 0) is 4.79 Å². The molecular formula is C17H26O. The molecule has 0 spiro atoms. The first kappa shape index (κ1) is 13.6. The molecule has 0 N–H and O–H groups in total. The first-order valence-electron chi connectivity index (χ1n) is 7.38. The summed E-state index contributed by atoms with van der Waals surface area (Å²) >= 11 is 0. The predicted molar refractivity (Wildman–Crippen MR) is 76.2 cm³/mol. The fourth-order valence-electron chi connectivity index (χ4n) is 3.78. The molecule has 0 amide bonds. The van der Waals surface area contributed by atoms with Crippen molar-refractivity contribution in [2.24, 2.45) is 29.6 Å². The lowest BCUT2D eigenvalue weighted by Crippen LogP contribution is -2.26. The minimum absolute atomic E-state index is 0.196. The van der Waals surface area contributed by atoms with Gasteiger partial charge in [0.1, 0.15) is 5.78 Å². The molecule has 0 aliphatic heterocycles. The van der Waals surface area contributed by atoms with Crippen LogP contribution < -0.4 is 0 Å². The quantitative estimate of drug-likeness (QED) is 0.635. The molecule has 2 rings (SSSR count). The van der Waals surface area contributed by atoms with Crippen LogP contribution in [0.1, 0.15) is 46.5 Å². The molecule has 0 aromatic carbocycles. The zero-order valence-corrected chi connectivity index (χ0v) is 12.0. The highest BCUT2D eigenvalue weighted by Crippen LogP contribution is 2.50. The van der Waals surface area contributed by atoms with E-state index in [0.29, 0.717) is 29.5 Å². The van der Waals surface area contributed by atoms with Crippen LogP contribution in [0, 0.1) is 29.6 Å². The summed E-state index contributed by atoms with van der Waals surface area (Å²) < 4.78 is 0. The number of allylic oxidation sites excluding steroid dienone is 3. The summed E-state index contributed by atoms with van der Waals surface area (Å²) in [7, 11) is 0. The van der Waals surface area contributed by atoms with Gasteiger partial charge in [-0.15, -0.1) is 6.58 Å². The Bertz CT molecular complexity index is 364. The molecule has 0 radical (unpaired) electrons. The molecule has 2 aliphatic rings. The maximum absolute atomic E-state index is 12.2. The summed E-state index contributed by atoms with van der Waals surface area (Å²) in [6.07, 6.45) is 9.07. The average molecular weight is 246 g/mol. The van der Waals surface area contributed by atoms with Gasteiger partial charge in [0.05, 0.1) is 0 Å². The second-order valence-electron chi connectivity index (χ2n) is 6.58. The molecule has 100 valence electrons. The number of ketones is 1. The predicted octanol–water partition coefficient (Wildman–Crippen LogP) is 4.40. The second kappa shape index (κ2) is 5.42. The molecule has 1 heteroatoms. The lowest BCUT2D eigenvalue weighted by molar-refractivity contribution is -0.126. The molecule has 2 aliphatic carbocycles. The van der Waals surface area contributed by atoms with E-state index in [1.54, 1.807) is 5.57 Å².